The predicted octanol–water partition coefficient (Wildman–Crippen LogP) is 2.40. The van der Waals surface area contributed by atoms with E-state index in [1.165, 1.54) is 18.2 Å². The van der Waals surface area contributed by atoms with Crippen LogP contribution in [0.4, 0.5) is 0 Å². The van der Waals surface area contributed by atoms with Gasteiger partial charge in [-0.25, -0.2) is 5.48 Å². The maximum atomic E-state index is 11.9. The van der Waals surface area contributed by atoms with Crippen LogP contribution >= 0.6 is 0 Å². The van der Waals surface area contributed by atoms with Gasteiger partial charge in [-0.2, -0.15) is 0 Å². The summed E-state index contributed by atoms with van der Waals surface area (Å²) in [5.41, 5.74) is 2.84. The largest absolute Gasteiger partial charge is 0.491 e. The van der Waals surface area contributed by atoms with Gasteiger partial charge >= 0.3 is 0 Å². The van der Waals surface area contributed by atoms with E-state index in [4.69, 9.17) is 9.94 Å². The summed E-state index contributed by atoms with van der Waals surface area (Å²) in [7, 11) is 0. The maximum Gasteiger partial charge on any atom is 0.274 e. The van der Waals surface area contributed by atoms with Crippen molar-refractivity contribution in [1.82, 2.24) is 10.8 Å². The molecule has 2 rings (SSSR count). The van der Waals surface area contributed by atoms with Gasteiger partial charge in [0.2, 0.25) is 5.91 Å². The van der Waals surface area contributed by atoms with Crippen molar-refractivity contribution < 1.29 is 19.5 Å². The topological polar surface area (TPSA) is 87.7 Å². The van der Waals surface area contributed by atoms with Crippen LogP contribution in [0.25, 0.3) is 6.08 Å². The van der Waals surface area contributed by atoms with Gasteiger partial charge in [-0.1, -0.05) is 30.3 Å². The van der Waals surface area contributed by atoms with Gasteiger partial charge in [0, 0.05) is 11.6 Å². The maximum absolute atomic E-state index is 11.9. The van der Waals surface area contributed by atoms with E-state index in [1.54, 1.807) is 23.7 Å². The van der Waals surface area contributed by atoms with Gasteiger partial charge in [-0.15, -0.1) is 0 Å². The molecule has 6 heteroatoms. The molecule has 0 aromatic heterocycles. The van der Waals surface area contributed by atoms with Gasteiger partial charge in [0.15, 0.2) is 0 Å². The Labute approximate surface area is 146 Å². The Bertz CT molecular complexity index is 727. The molecule has 25 heavy (non-hydrogen) atoms. The molecule has 3 N–H and O–H groups in total. The molecule has 1 unspecified atom stereocenters. The van der Waals surface area contributed by atoms with Crippen LogP contribution in [0.5, 0.6) is 5.75 Å². The minimum atomic E-state index is -0.586. The van der Waals surface area contributed by atoms with E-state index in [-0.39, 0.29) is 18.6 Å². The molecule has 0 aliphatic heterocycles. The summed E-state index contributed by atoms with van der Waals surface area (Å²) in [6, 6.07) is 15.7. The zero-order valence-corrected chi connectivity index (χ0v) is 13.8. The van der Waals surface area contributed by atoms with E-state index >= 15 is 0 Å². The first kappa shape index (κ1) is 18.2. The molecular formula is C19H20N2O4. The SMILES string of the molecule is CC(COc1ccc(C(=O)NO)cc1)NC(=O)/C=C/c1ccccc1. The van der Waals surface area contributed by atoms with Crippen molar-refractivity contribution in [3.8, 4) is 5.75 Å². The van der Waals surface area contributed by atoms with Gasteiger partial charge in [-0.3, -0.25) is 14.8 Å². The lowest BCUT2D eigenvalue weighted by atomic mass is 10.2. The number of benzene rings is 2. The van der Waals surface area contributed by atoms with Crippen molar-refractivity contribution in [3.05, 3.63) is 71.8 Å². The van der Waals surface area contributed by atoms with Gasteiger partial charge in [0.1, 0.15) is 12.4 Å². The quantitative estimate of drug-likeness (QED) is 0.410. The van der Waals surface area contributed by atoms with Gasteiger partial charge in [0.05, 0.1) is 6.04 Å². The van der Waals surface area contributed by atoms with Crippen LogP contribution < -0.4 is 15.5 Å². The van der Waals surface area contributed by atoms with Crippen LogP contribution in [-0.2, 0) is 4.79 Å². The third kappa shape index (κ3) is 6.12. The first-order valence-corrected chi connectivity index (χ1v) is 7.79. The molecule has 1 atom stereocenters. The third-order valence-electron chi connectivity index (χ3n) is 3.33. The number of ether oxygens (including phenoxy) is 1. The monoisotopic (exact) mass is 340 g/mol. The number of carbonyl (C=O) groups excluding carboxylic acids is 2. The highest BCUT2D eigenvalue weighted by molar-refractivity contribution is 5.93. The molecule has 0 spiro atoms. The molecule has 130 valence electrons. The van der Waals surface area contributed by atoms with E-state index < -0.39 is 5.91 Å². The summed E-state index contributed by atoms with van der Waals surface area (Å²) in [5, 5.41) is 11.4. The fourth-order valence-electron chi connectivity index (χ4n) is 2.06. The molecule has 2 aromatic rings. The third-order valence-corrected chi connectivity index (χ3v) is 3.33. The number of hydroxylamine groups is 1. The second-order valence-electron chi connectivity index (χ2n) is 5.43. The second kappa shape index (κ2) is 9.24. The molecule has 6 nitrogen and oxygen atoms in total. The molecule has 0 saturated heterocycles. The summed E-state index contributed by atoms with van der Waals surface area (Å²) in [6.07, 6.45) is 3.22. The van der Waals surface area contributed by atoms with Gasteiger partial charge < -0.3 is 10.1 Å². The number of nitrogens with one attached hydrogen (secondary N) is 2. The van der Waals surface area contributed by atoms with E-state index in [0.29, 0.717) is 11.3 Å². The van der Waals surface area contributed by atoms with Crippen molar-refractivity contribution in [1.29, 1.82) is 0 Å². The molecule has 2 aromatic carbocycles. The van der Waals surface area contributed by atoms with Crippen LogP contribution in [0, 0.1) is 0 Å². The summed E-state index contributed by atoms with van der Waals surface area (Å²) >= 11 is 0. The number of hydrogen-bond acceptors (Lipinski definition) is 4. The van der Waals surface area contributed by atoms with Gasteiger partial charge in [0.25, 0.3) is 5.91 Å². The summed E-state index contributed by atoms with van der Waals surface area (Å²) in [4.78, 5) is 23.1. The van der Waals surface area contributed by atoms with Crippen LogP contribution in [0.3, 0.4) is 0 Å². The molecule has 2 amide bonds. The minimum Gasteiger partial charge on any atom is -0.491 e. The predicted molar refractivity (Wildman–Crippen MR) is 94.3 cm³/mol. The highest BCUT2D eigenvalue weighted by atomic mass is 16.5. The van der Waals surface area contributed by atoms with E-state index in [0.717, 1.165) is 5.56 Å². The Hall–Kier alpha value is -3.12. The van der Waals surface area contributed by atoms with Crippen molar-refractivity contribution in [2.45, 2.75) is 13.0 Å². The normalized spacial score (nSPS) is 11.8. The van der Waals surface area contributed by atoms with E-state index in [9.17, 15) is 9.59 Å². The molecular weight excluding hydrogens is 320 g/mol. The first-order valence-electron chi connectivity index (χ1n) is 7.79. The molecule has 0 fully saturated rings. The highest BCUT2D eigenvalue weighted by Crippen LogP contribution is 2.12. The Morgan fingerprint density at radius 3 is 2.44 bits per heavy atom. The Morgan fingerprint density at radius 2 is 1.80 bits per heavy atom. The number of amides is 2. The zero-order valence-electron chi connectivity index (χ0n) is 13.8. The lowest BCUT2D eigenvalue weighted by molar-refractivity contribution is -0.117. The highest BCUT2D eigenvalue weighted by Gasteiger charge is 2.07. The van der Waals surface area contributed by atoms with Gasteiger partial charge in [-0.05, 0) is 42.8 Å². The Morgan fingerprint density at radius 1 is 1.12 bits per heavy atom. The lowest BCUT2D eigenvalue weighted by Gasteiger charge is -2.14. The second-order valence-corrected chi connectivity index (χ2v) is 5.43. The zero-order chi connectivity index (χ0) is 18.1. The summed E-state index contributed by atoms with van der Waals surface area (Å²) < 4.78 is 5.57. The molecule has 0 aliphatic rings. The smallest absolute Gasteiger partial charge is 0.274 e. The average Bonchev–Trinajstić information content (AvgIpc) is 2.65. The van der Waals surface area contributed by atoms with Crippen LogP contribution in [0.2, 0.25) is 0 Å². The average molecular weight is 340 g/mol. The Balaban J connectivity index is 1.78. The minimum absolute atomic E-state index is 0.187. The van der Waals surface area contributed by atoms with E-state index in [1.807, 2.05) is 37.3 Å². The lowest BCUT2D eigenvalue weighted by Crippen LogP contribution is -2.35. The fraction of sp³-hybridized carbons (Fsp3) is 0.158. The molecule has 0 radical (unpaired) electrons. The van der Waals surface area contributed by atoms with Crippen molar-refractivity contribution in [2.24, 2.45) is 0 Å². The fourth-order valence-corrected chi connectivity index (χ4v) is 2.06. The molecule has 0 saturated carbocycles. The van der Waals surface area contributed by atoms with Crippen molar-refractivity contribution in [3.63, 3.8) is 0 Å². The molecule has 0 bridgehead atoms. The van der Waals surface area contributed by atoms with Crippen LogP contribution in [-0.4, -0.2) is 29.7 Å². The molecule has 0 aliphatic carbocycles. The Kier molecular flexibility index (Phi) is 6.74. The van der Waals surface area contributed by atoms with Crippen LogP contribution in [0.1, 0.15) is 22.8 Å². The summed E-state index contributed by atoms with van der Waals surface area (Å²) in [5.74, 6) is -0.220. The number of carbonyl (C=O) groups is 2. The van der Waals surface area contributed by atoms with Crippen LogP contribution in [0.15, 0.2) is 60.7 Å². The first-order chi connectivity index (χ1) is 12.1. The van der Waals surface area contributed by atoms with Crippen molar-refractivity contribution >= 4 is 17.9 Å². The number of rotatable bonds is 7. The number of hydrogen-bond donors (Lipinski definition) is 3. The molecule has 0 heterocycles. The van der Waals surface area contributed by atoms with E-state index in [2.05, 4.69) is 5.32 Å². The summed E-state index contributed by atoms with van der Waals surface area (Å²) in [6.45, 7) is 2.12. The van der Waals surface area contributed by atoms with Crippen molar-refractivity contribution in [2.75, 3.05) is 6.61 Å². The standard InChI is InChI=1S/C19H20N2O4/c1-14(20-18(22)12-7-15-5-3-2-4-6-15)13-25-17-10-8-16(9-11-17)19(23)21-24/h2-12,14,24H,13H2,1H3,(H,20,22)(H,21,23)/b12-7+.